The van der Waals surface area contributed by atoms with Crippen LogP contribution in [0.5, 0.6) is 0 Å². The van der Waals surface area contributed by atoms with E-state index in [2.05, 4.69) is 5.32 Å². The number of amides is 1. The number of carbonyl (C=O) groups excluding carboxylic acids is 1. The van der Waals surface area contributed by atoms with E-state index in [4.69, 9.17) is 14.6 Å². The Balaban J connectivity index is 2.54. The van der Waals surface area contributed by atoms with Gasteiger partial charge in [-0.2, -0.15) is 0 Å². The molecule has 0 spiro atoms. The Morgan fingerprint density at radius 1 is 1.50 bits per heavy atom. The molecule has 1 aromatic rings. The number of hydrogen-bond acceptors (Lipinski definition) is 4. The molecule has 1 heterocycles. The molecule has 0 fully saturated rings. The molecule has 1 aromatic heterocycles. The molecule has 1 unspecified atom stereocenters. The summed E-state index contributed by atoms with van der Waals surface area (Å²) >= 11 is 0. The van der Waals surface area contributed by atoms with Gasteiger partial charge in [0.1, 0.15) is 17.6 Å². The van der Waals surface area contributed by atoms with E-state index < -0.39 is 17.9 Å². The smallest absolute Gasteiger partial charge is 0.326 e. The molecule has 1 amide bonds. The van der Waals surface area contributed by atoms with Crippen LogP contribution in [0.2, 0.25) is 0 Å². The zero-order chi connectivity index (χ0) is 13.5. The summed E-state index contributed by atoms with van der Waals surface area (Å²) in [6, 6.07) is 2.36. The van der Waals surface area contributed by atoms with Crippen LogP contribution in [0.4, 0.5) is 0 Å². The first-order valence-corrected chi connectivity index (χ1v) is 5.41. The van der Waals surface area contributed by atoms with Crippen LogP contribution in [0.15, 0.2) is 22.6 Å². The lowest BCUT2D eigenvalue weighted by molar-refractivity contribution is -0.141. The number of rotatable bonds is 6. The van der Waals surface area contributed by atoms with Crippen molar-refractivity contribution in [1.29, 1.82) is 0 Å². The lowest BCUT2D eigenvalue weighted by Gasteiger charge is -2.10. The largest absolute Gasteiger partial charge is 0.480 e. The molecular weight excluding hydrogens is 238 g/mol. The summed E-state index contributed by atoms with van der Waals surface area (Å²) in [5.41, 5.74) is 0. The first kappa shape index (κ1) is 14.0. The highest BCUT2D eigenvalue weighted by molar-refractivity contribution is 5.94. The molecule has 3 N–H and O–H groups in total. The van der Waals surface area contributed by atoms with Crippen LogP contribution < -0.4 is 5.32 Å². The van der Waals surface area contributed by atoms with Gasteiger partial charge in [-0.1, -0.05) is 0 Å². The van der Waals surface area contributed by atoms with E-state index in [1.165, 1.54) is 12.2 Å². The second kappa shape index (κ2) is 6.61. The van der Waals surface area contributed by atoms with Gasteiger partial charge in [0, 0.05) is 19.1 Å². The van der Waals surface area contributed by atoms with Crippen molar-refractivity contribution in [2.24, 2.45) is 0 Å². The van der Waals surface area contributed by atoms with Crippen LogP contribution in [0, 0.1) is 6.92 Å². The minimum atomic E-state index is -1.18. The zero-order valence-electron chi connectivity index (χ0n) is 9.92. The Bertz CT molecular complexity index is 449. The molecule has 18 heavy (non-hydrogen) atoms. The predicted octanol–water partition coefficient (Wildman–Crippen LogP) is 0.553. The maximum atomic E-state index is 11.4. The number of aliphatic hydroxyl groups excluding tert-OH is 1. The van der Waals surface area contributed by atoms with Crippen molar-refractivity contribution in [2.75, 3.05) is 6.61 Å². The summed E-state index contributed by atoms with van der Waals surface area (Å²) in [6.07, 6.45) is 2.60. The van der Waals surface area contributed by atoms with Gasteiger partial charge in [0.2, 0.25) is 5.91 Å². The van der Waals surface area contributed by atoms with E-state index >= 15 is 0 Å². The number of furan rings is 1. The van der Waals surface area contributed by atoms with Gasteiger partial charge in [-0.15, -0.1) is 0 Å². The average Bonchev–Trinajstić information content (AvgIpc) is 2.72. The summed E-state index contributed by atoms with van der Waals surface area (Å²) in [5, 5.41) is 19.7. The van der Waals surface area contributed by atoms with Crippen LogP contribution in [0.25, 0.3) is 6.08 Å². The molecule has 0 saturated heterocycles. The third-order valence-corrected chi connectivity index (χ3v) is 2.19. The van der Waals surface area contributed by atoms with Gasteiger partial charge in [-0.3, -0.25) is 4.79 Å². The van der Waals surface area contributed by atoms with E-state index in [9.17, 15) is 9.59 Å². The number of aryl methyl sites for hydroxylation is 1. The molecule has 0 bridgehead atoms. The van der Waals surface area contributed by atoms with Crippen molar-refractivity contribution >= 4 is 18.0 Å². The fourth-order valence-corrected chi connectivity index (χ4v) is 1.31. The van der Waals surface area contributed by atoms with Crippen LogP contribution in [0.1, 0.15) is 17.9 Å². The molecule has 98 valence electrons. The molecule has 0 radical (unpaired) electrons. The molecule has 0 aromatic carbocycles. The Kier molecular flexibility index (Phi) is 5.13. The molecule has 0 aliphatic rings. The van der Waals surface area contributed by atoms with E-state index in [0.29, 0.717) is 5.76 Å². The molecule has 1 atom stereocenters. The highest BCUT2D eigenvalue weighted by atomic mass is 16.4. The van der Waals surface area contributed by atoms with Crippen molar-refractivity contribution in [3.8, 4) is 0 Å². The molecule has 0 saturated carbocycles. The van der Waals surface area contributed by atoms with Gasteiger partial charge in [0.15, 0.2) is 0 Å². The monoisotopic (exact) mass is 253 g/mol. The van der Waals surface area contributed by atoms with Crippen LogP contribution >= 0.6 is 0 Å². The molecule has 6 nitrogen and oxygen atoms in total. The zero-order valence-corrected chi connectivity index (χ0v) is 9.92. The van der Waals surface area contributed by atoms with Crippen molar-refractivity contribution in [1.82, 2.24) is 5.32 Å². The summed E-state index contributed by atoms with van der Waals surface area (Å²) in [6.45, 7) is 1.47. The number of aliphatic carboxylic acids is 1. The normalized spacial score (nSPS) is 12.6. The quantitative estimate of drug-likeness (QED) is 0.643. The minimum absolute atomic E-state index is 0.0330. The number of carboxylic acids is 1. The Morgan fingerprint density at radius 2 is 2.22 bits per heavy atom. The molecule has 1 rings (SSSR count). The number of nitrogens with one attached hydrogen (secondary N) is 1. The van der Waals surface area contributed by atoms with Crippen molar-refractivity contribution < 1.29 is 24.2 Å². The van der Waals surface area contributed by atoms with Crippen LogP contribution in [-0.2, 0) is 9.59 Å². The van der Waals surface area contributed by atoms with E-state index in [-0.39, 0.29) is 13.0 Å². The molecule has 6 heteroatoms. The van der Waals surface area contributed by atoms with E-state index in [1.54, 1.807) is 19.1 Å². The second-order valence-corrected chi connectivity index (χ2v) is 3.69. The topological polar surface area (TPSA) is 99.8 Å². The fraction of sp³-hybridized carbons (Fsp3) is 0.333. The van der Waals surface area contributed by atoms with Gasteiger partial charge in [-0.05, 0) is 25.1 Å². The van der Waals surface area contributed by atoms with Gasteiger partial charge < -0.3 is 19.9 Å². The van der Waals surface area contributed by atoms with Gasteiger partial charge in [0.25, 0.3) is 0 Å². The number of carbonyl (C=O) groups is 2. The van der Waals surface area contributed by atoms with Crippen molar-refractivity contribution in [3.05, 3.63) is 29.7 Å². The minimum Gasteiger partial charge on any atom is -0.480 e. The summed E-state index contributed by atoms with van der Waals surface area (Å²) in [4.78, 5) is 22.2. The number of hydrogen-bond donors (Lipinski definition) is 3. The summed E-state index contributed by atoms with van der Waals surface area (Å²) in [5.74, 6) is -0.500. The lowest BCUT2D eigenvalue weighted by atomic mass is 10.2. The third kappa shape index (κ3) is 4.42. The molecule has 0 aliphatic carbocycles. The predicted molar refractivity (Wildman–Crippen MR) is 63.7 cm³/mol. The van der Waals surface area contributed by atoms with Gasteiger partial charge in [0.05, 0.1) is 0 Å². The molecule has 0 aliphatic heterocycles. The van der Waals surface area contributed by atoms with Crippen molar-refractivity contribution in [3.63, 3.8) is 0 Å². The number of aliphatic hydroxyl groups is 1. The molecular formula is C12H15NO5. The maximum absolute atomic E-state index is 11.4. The van der Waals surface area contributed by atoms with Crippen LogP contribution in [-0.4, -0.2) is 34.7 Å². The Morgan fingerprint density at radius 3 is 2.72 bits per heavy atom. The SMILES string of the molecule is Cc1ccc(/C=C/C(=O)NC(CCO)C(=O)O)o1. The average molecular weight is 253 g/mol. The Hall–Kier alpha value is -2.08. The van der Waals surface area contributed by atoms with Gasteiger partial charge in [-0.25, -0.2) is 4.79 Å². The first-order chi connectivity index (χ1) is 8.52. The fourth-order valence-electron chi connectivity index (χ4n) is 1.31. The van der Waals surface area contributed by atoms with Gasteiger partial charge >= 0.3 is 5.97 Å². The summed E-state index contributed by atoms with van der Waals surface area (Å²) in [7, 11) is 0. The summed E-state index contributed by atoms with van der Waals surface area (Å²) < 4.78 is 5.21. The van der Waals surface area contributed by atoms with Crippen LogP contribution in [0.3, 0.4) is 0 Å². The van der Waals surface area contributed by atoms with Crippen molar-refractivity contribution in [2.45, 2.75) is 19.4 Å². The highest BCUT2D eigenvalue weighted by Gasteiger charge is 2.17. The highest BCUT2D eigenvalue weighted by Crippen LogP contribution is 2.07. The van der Waals surface area contributed by atoms with E-state index in [0.717, 1.165) is 5.76 Å². The maximum Gasteiger partial charge on any atom is 0.326 e. The first-order valence-electron chi connectivity index (χ1n) is 5.41. The number of carboxylic acid groups (broad SMARTS) is 1. The lowest BCUT2D eigenvalue weighted by Crippen LogP contribution is -2.40. The third-order valence-electron chi connectivity index (χ3n) is 2.19. The standard InChI is InChI=1S/C12H15NO5/c1-8-2-3-9(18-8)4-5-11(15)13-10(6-7-14)12(16)17/h2-5,10,14H,6-7H2,1H3,(H,13,15)(H,16,17)/b5-4+. The second-order valence-electron chi connectivity index (χ2n) is 3.69. The van der Waals surface area contributed by atoms with E-state index in [1.807, 2.05) is 0 Å². The Labute approximate surface area is 104 Å².